The van der Waals surface area contributed by atoms with E-state index in [-0.39, 0.29) is 12.1 Å². The van der Waals surface area contributed by atoms with Crippen molar-refractivity contribution in [2.24, 2.45) is 5.92 Å². The van der Waals surface area contributed by atoms with Crippen LogP contribution in [0.15, 0.2) is 0 Å². The second-order valence-corrected chi connectivity index (χ2v) is 6.01. The van der Waals surface area contributed by atoms with Gasteiger partial charge in [0, 0.05) is 12.1 Å². The molecule has 0 aromatic heterocycles. The molecule has 1 rings (SSSR count). The summed E-state index contributed by atoms with van der Waals surface area (Å²) < 4.78 is 5.99. The quantitative estimate of drug-likeness (QED) is 0.657. The molecule has 1 aliphatic carbocycles. The van der Waals surface area contributed by atoms with Gasteiger partial charge in [-0.3, -0.25) is 0 Å². The normalized spacial score (nSPS) is 28.0. The number of nitrogens with one attached hydrogen (secondary N) is 1. The molecule has 0 radical (unpaired) electrons. The van der Waals surface area contributed by atoms with Gasteiger partial charge in [0.25, 0.3) is 0 Å². The Labute approximate surface area is 112 Å². The number of likely N-dealkylation sites (N-methyl/N-ethyl adjacent to an activating group) is 1. The number of hydrogen-bond donors (Lipinski definition) is 2. The Morgan fingerprint density at radius 1 is 1.39 bits per heavy atom. The van der Waals surface area contributed by atoms with Crippen molar-refractivity contribution < 1.29 is 9.84 Å². The first-order valence-electron chi connectivity index (χ1n) is 7.55. The van der Waals surface area contributed by atoms with Crippen LogP contribution < -0.4 is 5.32 Å². The lowest BCUT2D eigenvalue weighted by Gasteiger charge is -2.30. The summed E-state index contributed by atoms with van der Waals surface area (Å²) in [4.78, 5) is 0. The molecule has 3 unspecified atom stereocenters. The third kappa shape index (κ3) is 5.25. The zero-order chi connectivity index (χ0) is 13.4. The van der Waals surface area contributed by atoms with Gasteiger partial charge in [0.05, 0.1) is 12.7 Å². The Bertz CT molecular complexity index is 217. The molecule has 1 fully saturated rings. The fraction of sp³-hybridized carbons (Fsp3) is 1.00. The summed E-state index contributed by atoms with van der Waals surface area (Å²) in [5, 5.41) is 12.5. The minimum absolute atomic E-state index is 0.151. The van der Waals surface area contributed by atoms with Crippen LogP contribution in [0.1, 0.15) is 58.8 Å². The Balaban J connectivity index is 2.14. The van der Waals surface area contributed by atoms with Crippen molar-refractivity contribution in [3.8, 4) is 0 Å². The van der Waals surface area contributed by atoms with E-state index in [4.69, 9.17) is 4.74 Å². The van der Waals surface area contributed by atoms with Crippen LogP contribution in [0.4, 0.5) is 0 Å². The Morgan fingerprint density at radius 3 is 2.78 bits per heavy atom. The summed E-state index contributed by atoms with van der Waals surface area (Å²) in [6.07, 6.45) is 8.96. The third-order valence-corrected chi connectivity index (χ3v) is 4.49. The molecule has 3 heteroatoms. The zero-order valence-electron chi connectivity index (χ0n) is 12.4. The van der Waals surface area contributed by atoms with E-state index in [9.17, 15) is 5.11 Å². The van der Waals surface area contributed by atoms with E-state index in [0.717, 1.165) is 25.4 Å². The van der Waals surface area contributed by atoms with Gasteiger partial charge < -0.3 is 15.2 Å². The topological polar surface area (TPSA) is 41.5 Å². The van der Waals surface area contributed by atoms with Crippen LogP contribution in [-0.4, -0.2) is 37.0 Å². The predicted molar refractivity (Wildman–Crippen MR) is 75.8 cm³/mol. The molecule has 0 amide bonds. The van der Waals surface area contributed by atoms with Gasteiger partial charge in [-0.1, -0.05) is 26.2 Å². The lowest BCUT2D eigenvalue weighted by molar-refractivity contribution is 0.00746. The van der Waals surface area contributed by atoms with Crippen molar-refractivity contribution in [1.82, 2.24) is 5.32 Å². The lowest BCUT2D eigenvalue weighted by Crippen LogP contribution is -2.43. The highest BCUT2D eigenvalue weighted by atomic mass is 16.5. The van der Waals surface area contributed by atoms with Gasteiger partial charge in [-0.2, -0.15) is 0 Å². The molecule has 1 aliphatic rings. The van der Waals surface area contributed by atoms with Crippen molar-refractivity contribution in [2.75, 3.05) is 20.3 Å². The van der Waals surface area contributed by atoms with Crippen LogP contribution in [-0.2, 0) is 4.74 Å². The molecule has 3 atom stereocenters. The molecular formula is C15H31NO2. The minimum Gasteiger partial charge on any atom is -0.394 e. The maximum absolute atomic E-state index is 9.30. The predicted octanol–water partition coefficient (Wildman–Crippen LogP) is 2.72. The van der Waals surface area contributed by atoms with Gasteiger partial charge in [-0.15, -0.1) is 0 Å². The smallest absolute Gasteiger partial charge is 0.0610 e. The molecule has 0 bridgehead atoms. The first-order valence-corrected chi connectivity index (χ1v) is 7.55. The maximum Gasteiger partial charge on any atom is 0.0610 e. The highest BCUT2D eigenvalue weighted by molar-refractivity contribution is 4.80. The van der Waals surface area contributed by atoms with Crippen molar-refractivity contribution in [3.63, 3.8) is 0 Å². The van der Waals surface area contributed by atoms with Crippen LogP contribution in [0.2, 0.25) is 0 Å². The molecular weight excluding hydrogens is 226 g/mol. The standard InChI is InChI=1S/C15H31NO2/c1-4-13-7-5-8-14(11-13)18-10-6-9-15(2,12-17)16-3/h13-14,16-17H,4-12H2,1-3H3. The van der Waals surface area contributed by atoms with Crippen molar-refractivity contribution >= 4 is 0 Å². The fourth-order valence-corrected chi connectivity index (χ4v) is 2.76. The van der Waals surface area contributed by atoms with Gasteiger partial charge in [0.15, 0.2) is 0 Å². The van der Waals surface area contributed by atoms with Crippen LogP contribution in [0.25, 0.3) is 0 Å². The van der Waals surface area contributed by atoms with Crippen LogP contribution >= 0.6 is 0 Å². The first kappa shape index (κ1) is 15.9. The van der Waals surface area contributed by atoms with Gasteiger partial charge in [-0.25, -0.2) is 0 Å². The van der Waals surface area contributed by atoms with Crippen molar-refractivity contribution in [3.05, 3.63) is 0 Å². The van der Waals surface area contributed by atoms with E-state index in [0.29, 0.717) is 6.10 Å². The Kier molecular flexibility index (Phi) is 7.20. The summed E-state index contributed by atoms with van der Waals surface area (Å²) in [6, 6.07) is 0. The second kappa shape index (κ2) is 8.13. The fourth-order valence-electron chi connectivity index (χ4n) is 2.76. The molecule has 0 saturated heterocycles. The summed E-state index contributed by atoms with van der Waals surface area (Å²) in [5.74, 6) is 0.878. The zero-order valence-corrected chi connectivity index (χ0v) is 12.4. The molecule has 0 heterocycles. The second-order valence-electron chi connectivity index (χ2n) is 6.01. The van der Waals surface area contributed by atoms with E-state index in [1.807, 2.05) is 7.05 Å². The van der Waals surface area contributed by atoms with Crippen LogP contribution in [0.3, 0.4) is 0 Å². The van der Waals surface area contributed by atoms with Crippen LogP contribution in [0.5, 0.6) is 0 Å². The largest absolute Gasteiger partial charge is 0.394 e. The minimum atomic E-state index is -0.151. The van der Waals surface area contributed by atoms with Gasteiger partial charge in [0.2, 0.25) is 0 Å². The molecule has 0 aromatic rings. The lowest BCUT2D eigenvalue weighted by atomic mass is 9.85. The monoisotopic (exact) mass is 257 g/mol. The highest BCUT2D eigenvalue weighted by Crippen LogP contribution is 2.28. The van der Waals surface area contributed by atoms with Gasteiger partial charge in [0.1, 0.15) is 0 Å². The van der Waals surface area contributed by atoms with E-state index < -0.39 is 0 Å². The third-order valence-electron chi connectivity index (χ3n) is 4.49. The van der Waals surface area contributed by atoms with E-state index in [1.165, 1.54) is 32.1 Å². The van der Waals surface area contributed by atoms with Crippen molar-refractivity contribution in [1.29, 1.82) is 0 Å². The Hall–Kier alpha value is -0.120. The number of hydrogen-bond acceptors (Lipinski definition) is 3. The molecule has 2 N–H and O–H groups in total. The average Bonchev–Trinajstić information content (AvgIpc) is 2.43. The van der Waals surface area contributed by atoms with Gasteiger partial charge >= 0.3 is 0 Å². The van der Waals surface area contributed by atoms with E-state index in [1.54, 1.807) is 0 Å². The van der Waals surface area contributed by atoms with E-state index >= 15 is 0 Å². The summed E-state index contributed by atoms with van der Waals surface area (Å²) in [6.45, 7) is 5.36. The SMILES string of the molecule is CCC1CCCC(OCCCC(C)(CO)NC)C1. The van der Waals surface area contributed by atoms with E-state index in [2.05, 4.69) is 19.2 Å². The molecule has 108 valence electrons. The maximum atomic E-state index is 9.30. The first-order chi connectivity index (χ1) is 8.63. The number of aliphatic hydroxyl groups excluding tert-OH is 1. The summed E-state index contributed by atoms with van der Waals surface area (Å²) in [5.41, 5.74) is -0.151. The van der Waals surface area contributed by atoms with Crippen LogP contribution in [0, 0.1) is 5.92 Å². The molecule has 0 aliphatic heterocycles. The number of ether oxygens (including phenoxy) is 1. The van der Waals surface area contributed by atoms with Gasteiger partial charge in [-0.05, 0) is 45.6 Å². The number of rotatable bonds is 8. The molecule has 1 saturated carbocycles. The molecule has 0 spiro atoms. The highest BCUT2D eigenvalue weighted by Gasteiger charge is 2.22. The molecule has 3 nitrogen and oxygen atoms in total. The van der Waals surface area contributed by atoms with Crippen molar-refractivity contribution in [2.45, 2.75) is 70.4 Å². The average molecular weight is 257 g/mol. The summed E-state index contributed by atoms with van der Waals surface area (Å²) >= 11 is 0. The molecule has 0 aromatic carbocycles. The Morgan fingerprint density at radius 2 is 2.17 bits per heavy atom. The number of aliphatic hydroxyl groups is 1. The summed E-state index contributed by atoms with van der Waals surface area (Å²) in [7, 11) is 1.91. The molecule has 18 heavy (non-hydrogen) atoms.